The van der Waals surface area contributed by atoms with Crippen molar-refractivity contribution in [3.8, 4) is 17.2 Å². The molecule has 1 aliphatic heterocycles. The lowest BCUT2D eigenvalue weighted by Crippen LogP contribution is -2.28. The molecule has 1 aliphatic rings. The first-order valence-corrected chi connectivity index (χ1v) is 9.03. The van der Waals surface area contributed by atoms with Crippen molar-refractivity contribution in [3.63, 3.8) is 0 Å². The first kappa shape index (κ1) is 21.0. The summed E-state index contributed by atoms with van der Waals surface area (Å²) in [6.07, 6.45) is -0.630. The Hall–Kier alpha value is -3.75. The number of rotatable bonds is 7. The van der Waals surface area contributed by atoms with Crippen molar-refractivity contribution in [2.75, 3.05) is 33.8 Å². The number of carbonyl (C=O) groups excluding carboxylic acids is 2. The summed E-state index contributed by atoms with van der Waals surface area (Å²) < 4.78 is 20.8. The van der Waals surface area contributed by atoms with E-state index in [1.165, 1.54) is 28.4 Å². The Labute approximate surface area is 173 Å². The molecular formula is C21H22N2O7. The second kappa shape index (κ2) is 9.17. The fourth-order valence-corrected chi connectivity index (χ4v) is 3.03. The van der Waals surface area contributed by atoms with Gasteiger partial charge in [-0.2, -0.15) is 0 Å². The molecule has 0 aliphatic carbocycles. The highest BCUT2D eigenvalue weighted by molar-refractivity contribution is 6.08. The number of anilines is 1. The molecule has 0 unspecified atom stereocenters. The number of methoxy groups -OCH3 is 4. The van der Waals surface area contributed by atoms with Gasteiger partial charge in [0.1, 0.15) is 0 Å². The van der Waals surface area contributed by atoms with Crippen molar-refractivity contribution in [1.82, 2.24) is 0 Å². The number of esters is 1. The Morgan fingerprint density at radius 2 is 1.70 bits per heavy atom. The lowest BCUT2D eigenvalue weighted by atomic mass is 10.0. The minimum atomic E-state index is -0.857. The van der Waals surface area contributed by atoms with Crippen molar-refractivity contribution in [2.24, 2.45) is 5.16 Å². The minimum absolute atomic E-state index is 0.227. The summed E-state index contributed by atoms with van der Waals surface area (Å²) in [5, 5.41) is 6.74. The van der Waals surface area contributed by atoms with E-state index in [0.29, 0.717) is 34.2 Å². The number of nitrogens with zero attached hydrogens (tertiary/aromatic N) is 1. The van der Waals surface area contributed by atoms with Crippen LogP contribution in [0.5, 0.6) is 17.2 Å². The summed E-state index contributed by atoms with van der Waals surface area (Å²) in [5.74, 6) is 0.408. The van der Waals surface area contributed by atoms with Crippen molar-refractivity contribution in [2.45, 2.75) is 12.5 Å². The SMILES string of the molecule is COC(=O)c1ccccc1NC(=O)[C@@H]1CC(c2cc(OC)c(OC)c(OC)c2)=NO1. The van der Waals surface area contributed by atoms with Gasteiger partial charge in [0, 0.05) is 12.0 Å². The van der Waals surface area contributed by atoms with Crippen LogP contribution in [0.15, 0.2) is 41.6 Å². The summed E-state index contributed by atoms with van der Waals surface area (Å²) >= 11 is 0. The third-order valence-electron chi connectivity index (χ3n) is 4.55. The molecule has 1 heterocycles. The van der Waals surface area contributed by atoms with E-state index in [-0.39, 0.29) is 12.0 Å². The summed E-state index contributed by atoms with van der Waals surface area (Å²) in [5.41, 5.74) is 1.81. The average Bonchev–Trinajstić information content (AvgIpc) is 3.28. The molecule has 9 nitrogen and oxygen atoms in total. The Morgan fingerprint density at radius 3 is 2.30 bits per heavy atom. The minimum Gasteiger partial charge on any atom is -0.493 e. The van der Waals surface area contributed by atoms with E-state index in [1.807, 2.05) is 0 Å². The first-order chi connectivity index (χ1) is 14.5. The number of ether oxygens (including phenoxy) is 4. The number of hydrogen-bond donors (Lipinski definition) is 1. The molecule has 0 saturated carbocycles. The maximum atomic E-state index is 12.7. The third-order valence-corrected chi connectivity index (χ3v) is 4.55. The van der Waals surface area contributed by atoms with Gasteiger partial charge in [0.15, 0.2) is 11.5 Å². The Morgan fingerprint density at radius 1 is 1.03 bits per heavy atom. The zero-order valence-electron chi connectivity index (χ0n) is 17.1. The third kappa shape index (κ3) is 4.14. The van der Waals surface area contributed by atoms with Gasteiger partial charge < -0.3 is 29.1 Å². The van der Waals surface area contributed by atoms with Crippen LogP contribution >= 0.6 is 0 Å². The van der Waals surface area contributed by atoms with Crippen molar-refractivity contribution in [3.05, 3.63) is 47.5 Å². The van der Waals surface area contributed by atoms with E-state index in [1.54, 1.807) is 36.4 Å². The van der Waals surface area contributed by atoms with E-state index in [9.17, 15) is 9.59 Å². The molecule has 0 aromatic heterocycles. The normalized spacial score (nSPS) is 14.9. The van der Waals surface area contributed by atoms with Gasteiger partial charge in [0.2, 0.25) is 11.9 Å². The topological polar surface area (TPSA) is 105 Å². The van der Waals surface area contributed by atoms with Crippen LogP contribution in [0.1, 0.15) is 22.3 Å². The largest absolute Gasteiger partial charge is 0.493 e. The number of amides is 1. The number of oxime groups is 1. The standard InChI is InChI=1S/C21H22N2O7/c1-26-16-9-12(10-17(27-2)19(16)28-3)15-11-18(30-23-15)20(24)22-14-8-6-5-7-13(14)21(25)29-4/h5-10,18H,11H2,1-4H3,(H,22,24)/t18-/m0/s1. The number of para-hydroxylation sites is 1. The molecule has 0 fully saturated rings. The summed E-state index contributed by atoms with van der Waals surface area (Å²) in [6.45, 7) is 0. The van der Waals surface area contributed by atoms with Crippen LogP contribution in [0.4, 0.5) is 5.69 Å². The fourth-order valence-electron chi connectivity index (χ4n) is 3.03. The van der Waals surface area contributed by atoms with Crippen LogP contribution < -0.4 is 19.5 Å². The average molecular weight is 414 g/mol. The highest BCUT2D eigenvalue weighted by Crippen LogP contribution is 2.39. The molecule has 0 spiro atoms. The van der Waals surface area contributed by atoms with E-state index < -0.39 is 18.0 Å². The zero-order valence-corrected chi connectivity index (χ0v) is 17.1. The van der Waals surface area contributed by atoms with E-state index in [0.717, 1.165) is 0 Å². The predicted molar refractivity (Wildman–Crippen MR) is 109 cm³/mol. The molecule has 0 bridgehead atoms. The molecule has 1 N–H and O–H groups in total. The van der Waals surface area contributed by atoms with Crippen LogP contribution in [-0.2, 0) is 14.4 Å². The molecule has 158 valence electrons. The van der Waals surface area contributed by atoms with Crippen molar-refractivity contribution in [1.29, 1.82) is 0 Å². The Bertz CT molecular complexity index is 962. The van der Waals surface area contributed by atoms with Gasteiger partial charge in [0.05, 0.1) is 45.4 Å². The molecular weight excluding hydrogens is 392 g/mol. The van der Waals surface area contributed by atoms with Crippen molar-refractivity contribution >= 4 is 23.3 Å². The van der Waals surface area contributed by atoms with Crippen LogP contribution in [0.25, 0.3) is 0 Å². The monoisotopic (exact) mass is 414 g/mol. The summed E-state index contributed by atoms with van der Waals surface area (Å²) in [6, 6.07) is 10.0. The molecule has 30 heavy (non-hydrogen) atoms. The number of benzene rings is 2. The van der Waals surface area contributed by atoms with E-state index in [4.69, 9.17) is 23.8 Å². The maximum Gasteiger partial charge on any atom is 0.339 e. The van der Waals surface area contributed by atoms with Gasteiger partial charge in [-0.15, -0.1) is 0 Å². The molecule has 1 atom stereocenters. The molecule has 0 radical (unpaired) electrons. The summed E-state index contributed by atoms with van der Waals surface area (Å²) in [4.78, 5) is 29.9. The second-order valence-corrected chi connectivity index (χ2v) is 6.28. The first-order valence-electron chi connectivity index (χ1n) is 9.03. The van der Waals surface area contributed by atoms with Crippen LogP contribution in [0.3, 0.4) is 0 Å². The smallest absolute Gasteiger partial charge is 0.339 e. The fraction of sp³-hybridized carbons (Fsp3) is 0.286. The van der Waals surface area contributed by atoms with Crippen molar-refractivity contribution < 1.29 is 33.4 Å². The number of carbonyl (C=O) groups is 2. The van der Waals surface area contributed by atoms with Gasteiger partial charge in [-0.1, -0.05) is 17.3 Å². The quantitative estimate of drug-likeness (QED) is 0.695. The molecule has 1 amide bonds. The van der Waals surface area contributed by atoms with Gasteiger partial charge in [-0.25, -0.2) is 4.79 Å². The van der Waals surface area contributed by atoms with Crippen LogP contribution in [-0.4, -0.2) is 52.1 Å². The second-order valence-electron chi connectivity index (χ2n) is 6.28. The lowest BCUT2D eigenvalue weighted by Gasteiger charge is -2.14. The van der Waals surface area contributed by atoms with E-state index in [2.05, 4.69) is 10.5 Å². The predicted octanol–water partition coefficient (Wildman–Crippen LogP) is 2.63. The summed E-state index contributed by atoms with van der Waals surface area (Å²) in [7, 11) is 5.83. The number of nitrogens with one attached hydrogen (secondary N) is 1. The van der Waals surface area contributed by atoms with Gasteiger partial charge in [0.25, 0.3) is 5.91 Å². The highest BCUT2D eigenvalue weighted by Gasteiger charge is 2.31. The molecule has 2 aromatic rings. The molecule has 9 heteroatoms. The highest BCUT2D eigenvalue weighted by atomic mass is 16.6. The van der Waals surface area contributed by atoms with Gasteiger partial charge in [-0.3, -0.25) is 4.79 Å². The van der Waals surface area contributed by atoms with E-state index >= 15 is 0 Å². The Kier molecular flexibility index (Phi) is 6.41. The van der Waals surface area contributed by atoms with Crippen LogP contribution in [0, 0.1) is 0 Å². The maximum absolute atomic E-state index is 12.7. The number of hydrogen-bond acceptors (Lipinski definition) is 8. The van der Waals surface area contributed by atoms with Gasteiger partial charge in [-0.05, 0) is 24.3 Å². The van der Waals surface area contributed by atoms with Crippen LogP contribution in [0.2, 0.25) is 0 Å². The molecule has 3 rings (SSSR count). The van der Waals surface area contributed by atoms with Gasteiger partial charge >= 0.3 is 5.97 Å². The Balaban J connectivity index is 1.76. The lowest BCUT2D eigenvalue weighted by molar-refractivity contribution is -0.125. The molecule has 2 aromatic carbocycles. The zero-order chi connectivity index (χ0) is 21.7. The molecule has 0 saturated heterocycles.